The quantitative estimate of drug-likeness (QED) is 0.210. The lowest BCUT2D eigenvalue weighted by atomic mass is 9.96. The summed E-state index contributed by atoms with van der Waals surface area (Å²) in [5.74, 6) is -0.0639. The summed E-state index contributed by atoms with van der Waals surface area (Å²) in [6, 6.07) is 7.94. The summed E-state index contributed by atoms with van der Waals surface area (Å²) >= 11 is 0. The highest BCUT2D eigenvalue weighted by Gasteiger charge is 2.39. The molecule has 2 saturated heterocycles. The van der Waals surface area contributed by atoms with Crippen molar-refractivity contribution in [3.63, 3.8) is 0 Å². The van der Waals surface area contributed by atoms with Gasteiger partial charge in [0, 0.05) is 37.9 Å². The fourth-order valence-electron chi connectivity index (χ4n) is 6.57. The molecule has 3 aliphatic heterocycles. The maximum Gasteiger partial charge on any atom is 0.328 e. The maximum absolute atomic E-state index is 15.6. The van der Waals surface area contributed by atoms with E-state index < -0.39 is 29.6 Å². The van der Waals surface area contributed by atoms with Crippen molar-refractivity contribution in [1.82, 2.24) is 9.88 Å². The highest BCUT2D eigenvalue weighted by Crippen LogP contribution is 2.35. The third-order valence-electron chi connectivity index (χ3n) is 8.92. The van der Waals surface area contributed by atoms with Crippen molar-refractivity contribution < 1.29 is 27.8 Å². The molecule has 1 aromatic heterocycles. The first kappa shape index (κ1) is 32.8. The van der Waals surface area contributed by atoms with Crippen molar-refractivity contribution in [2.75, 3.05) is 38.2 Å². The molecule has 5 rings (SSSR count). The highest BCUT2D eigenvalue weighted by molar-refractivity contribution is 5.78. The number of anilines is 1. The molecule has 4 heterocycles. The molecule has 0 aliphatic carbocycles. The van der Waals surface area contributed by atoms with Crippen LogP contribution < -0.4 is 5.32 Å². The normalized spacial score (nSPS) is 21.0. The van der Waals surface area contributed by atoms with Gasteiger partial charge in [0.2, 0.25) is 0 Å². The van der Waals surface area contributed by atoms with Crippen LogP contribution in [0.5, 0.6) is 0 Å². The number of carbonyl (C=O) groups is 1. The van der Waals surface area contributed by atoms with Gasteiger partial charge in [-0.15, -0.1) is 0 Å². The van der Waals surface area contributed by atoms with Gasteiger partial charge in [0.1, 0.15) is 29.4 Å². The Labute approximate surface area is 261 Å². The maximum atomic E-state index is 15.6. The number of nitrogens with zero attached hydrogens (tertiary/aromatic N) is 2. The smallest absolute Gasteiger partial charge is 0.328 e. The van der Waals surface area contributed by atoms with E-state index in [1.54, 1.807) is 6.07 Å². The Morgan fingerprint density at radius 1 is 1.16 bits per heavy atom. The van der Waals surface area contributed by atoms with E-state index in [-0.39, 0.29) is 18.6 Å². The number of nitrogens with one attached hydrogen (secondary N) is 1. The van der Waals surface area contributed by atoms with Crippen molar-refractivity contribution >= 4 is 11.8 Å². The van der Waals surface area contributed by atoms with Crippen LogP contribution in [0.25, 0.3) is 0 Å². The molecule has 44 heavy (non-hydrogen) atoms. The van der Waals surface area contributed by atoms with Crippen LogP contribution in [0.4, 0.5) is 14.6 Å². The zero-order valence-electron chi connectivity index (χ0n) is 26.6. The van der Waals surface area contributed by atoms with E-state index in [0.717, 1.165) is 68.6 Å². The van der Waals surface area contributed by atoms with Gasteiger partial charge in [-0.3, -0.25) is 4.90 Å². The van der Waals surface area contributed by atoms with E-state index in [1.807, 2.05) is 25.7 Å². The molecule has 1 N–H and O–H groups in total. The summed E-state index contributed by atoms with van der Waals surface area (Å²) < 4.78 is 47.7. The zero-order chi connectivity index (χ0) is 31.1. The Morgan fingerprint density at radius 3 is 2.77 bits per heavy atom. The first-order valence-electron chi connectivity index (χ1n) is 16.5. The molecule has 0 spiro atoms. The minimum absolute atomic E-state index is 0.0600. The molecular weight excluding hydrogens is 564 g/mol. The SMILES string of the molecule is CC(C)(C)OC(=O)C(c1cc(F)ccc1COC1CCOCC1)N1CC[C@@H](C(F)CCCCc2ccc3c(n2)NCCC3)C1. The van der Waals surface area contributed by atoms with Crippen LogP contribution in [0.15, 0.2) is 30.3 Å². The summed E-state index contributed by atoms with van der Waals surface area (Å²) in [4.78, 5) is 20.4. The van der Waals surface area contributed by atoms with E-state index in [9.17, 15) is 9.18 Å². The van der Waals surface area contributed by atoms with Crippen LogP contribution in [0.1, 0.15) is 94.1 Å². The van der Waals surface area contributed by atoms with Crippen molar-refractivity contribution in [2.45, 2.75) is 109 Å². The molecule has 0 amide bonds. The number of fused-ring (bicyclic) bond motifs is 1. The highest BCUT2D eigenvalue weighted by atomic mass is 19.1. The molecule has 242 valence electrons. The Kier molecular flexibility index (Phi) is 11.3. The number of aryl methyl sites for hydroxylation is 2. The van der Waals surface area contributed by atoms with Crippen molar-refractivity contribution in [2.24, 2.45) is 5.92 Å². The second kappa shape index (κ2) is 15.1. The molecule has 7 nitrogen and oxygen atoms in total. The number of benzene rings is 1. The van der Waals surface area contributed by atoms with Gasteiger partial charge in [0.15, 0.2) is 0 Å². The van der Waals surface area contributed by atoms with Crippen molar-refractivity contribution in [3.8, 4) is 0 Å². The van der Waals surface area contributed by atoms with Crippen LogP contribution in [-0.4, -0.2) is 66.6 Å². The number of rotatable bonds is 12. The first-order chi connectivity index (χ1) is 21.2. The Morgan fingerprint density at radius 2 is 1.98 bits per heavy atom. The van der Waals surface area contributed by atoms with Gasteiger partial charge in [-0.05, 0) is 114 Å². The number of likely N-dealkylation sites (tertiary alicyclic amines) is 1. The Balaban J connectivity index is 1.21. The minimum Gasteiger partial charge on any atom is -0.459 e. The molecular formula is C35H49F2N3O4. The predicted molar refractivity (Wildman–Crippen MR) is 167 cm³/mol. The lowest BCUT2D eigenvalue weighted by molar-refractivity contribution is -0.161. The monoisotopic (exact) mass is 613 g/mol. The van der Waals surface area contributed by atoms with Gasteiger partial charge in [-0.1, -0.05) is 18.6 Å². The molecule has 1 aromatic carbocycles. The van der Waals surface area contributed by atoms with E-state index in [1.165, 1.54) is 17.7 Å². The number of hydrogen-bond donors (Lipinski definition) is 1. The average molecular weight is 614 g/mol. The Bertz CT molecular complexity index is 1250. The molecule has 3 atom stereocenters. The third kappa shape index (κ3) is 8.98. The van der Waals surface area contributed by atoms with Crippen LogP contribution in [-0.2, 0) is 38.5 Å². The number of unbranched alkanes of at least 4 members (excludes halogenated alkanes) is 1. The van der Waals surface area contributed by atoms with Crippen LogP contribution in [0, 0.1) is 11.7 Å². The van der Waals surface area contributed by atoms with E-state index in [2.05, 4.69) is 17.4 Å². The lowest BCUT2D eigenvalue weighted by Crippen LogP contribution is -2.38. The first-order valence-corrected chi connectivity index (χ1v) is 16.5. The molecule has 2 unspecified atom stereocenters. The third-order valence-corrected chi connectivity index (χ3v) is 8.92. The number of carbonyl (C=O) groups excluding carboxylic acids is 1. The summed E-state index contributed by atoms with van der Waals surface area (Å²) in [5, 5.41) is 3.38. The number of esters is 1. The van der Waals surface area contributed by atoms with Gasteiger partial charge in [0.05, 0.1) is 12.7 Å². The number of halogens is 2. The van der Waals surface area contributed by atoms with E-state index >= 15 is 4.39 Å². The minimum atomic E-state index is -0.971. The van der Waals surface area contributed by atoms with Gasteiger partial charge < -0.3 is 19.5 Å². The molecule has 2 aromatic rings. The van der Waals surface area contributed by atoms with E-state index in [0.29, 0.717) is 44.7 Å². The molecule has 2 fully saturated rings. The molecule has 0 bridgehead atoms. The topological polar surface area (TPSA) is 72.9 Å². The van der Waals surface area contributed by atoms with Gasteiger partial charge >= 0.3 is 5.97 Å². The average Bonchev–Trinajstić information content (AvgIpc) is 3.48. The number of hydrogen-bond acceptors (Lipinski definition) is 7. The van der Waals surface area contributed by atoms with Crippen LogP contribution in [0.3, 0.4) is 0 Å². The van der Waals surface area contributed by atoms with E-state index in [4.69, 9.17) is 19.2 Å². The number of aromatic nitrogens is 1. The lowest BCUT2D eigenvalue weighted by Gasteiger charge is -2.32. The molecule has 9 heteroatoms. The summed E-state index contributed by atoms with van der Waals surface area (Å²) in [6.45, 7) is 8.96. The molecule has 0 saturated carbocycles. The second-order valence-electron chi connectivity index (χ2n) is 13.5. The predicted octanol–water partition coefficient (Wildman–Crippen LogP) is 6.73. The van der Waals surface area contributed by atoms with Gasteiger partial charge in [0.25, 0.3) is 0 Å². The van der Waals surface area contributed by atoms with Gasteiger partial charge in [-0.2, -0.15) is 0 Å². The zero-order valence-corrected chi connectivity index (χ0v) is 26.6. The standard InChI is InChI=1S/C35H49F2N3O4/c1-35(2,3)44-34(41)32(30-21-27(36)12-10-26(30)23-43-29-15-19-42-20-16-29)40-18-14-25(22-40)31(37)9-5-4-8-28-13-11-24-7-6-17-38-33(24)39-28/h10-13,21,25,29,31-32H,4-9,14-20,22-23H2,1-3H3,(H,38,39)/t25-,31?,32?/m1/s1. The summed E-state index contributed by atoms with van der Waals surface area (Å²) in [7, 11) is 0. The number of pyridine rings is 1. The molecule has 3 aliphatic rings. The summed E-state index contributed by atoms with van der Waals surface area (Å²) in [5.41, 5.74) is 2.89. The Hall–Kier alpha value is -2.62. The van der Waals surface area contributed by atoms with Crippen molar-refractivity contribution in [3.05, 3.63) is 58.5 Å². The van der Waals surface area contributed by atoms with Gasteiger partial charge in [-0.25, -0.2) is 18.6 Å². The second-order valence-corrected chi connectivity index (χ2v) is 13.5. The fourth-order valence-corrected chi connectivity index (χ4v) is 6.57. The number of ether oxygens (including phenoxy) is 3. The van der Waals surface area contributed by atoms with Crippen molar-refractivity contribution in [1.29, 1.82) is 0 Å². The van der Waals surface area contributed by atoms with Crippen LogP contribution >= 0.6 is 0 Å². The largest absolute Gasteiger partial charge is 0.459 e. The number of alkyl halides is 1. The summed E-state index contributed by atoms with van der Waals surface area (Å²) in [6.07, 6.45) is 6.50. The van der Waals surface area contributed by atoms with Crippen LogP contribution in [0.2, 0.25) is 0 Å². The fraction of sp³-hybridized carbons (Fsp3) is 0.657. The molecule has 0 radical (unpaired) electrons.